The summed E-state index contributed by atoms with van der Waals surface area (Å²) in [5, 5.41) is 2.25. The molecule has 0 fully saturated rings. The van der Waals surface area contributed by atoms with E-state index in [1.54, 1.807) is 0 Å². The van der Waals surface area contributed by atoms with Gasteiger partial charge in [0.2, 0.25) is 5.43 Å². The number of hydrogen-bond acceptors (Lipinski definition) is 2. The highest BCUT2D eigenvalue weighted by Crippen LogP contribution is 2.18. The van der Waals surface area contributed by atoms with E-state index in [-0.39, 0.29) is 22.2 Å². The van der Waals surface area contributed by atoms with Gasteiger partial charge in [-0.1, -0.05) is 6.07 Å². The van der Waals surface area contributed by atoms with Crippen LogP contribution in [0.25, 0.3) is 10.9 Å². The SMILES string of the molecule is Cn1cc(C(=O)Nc2ccc(F)cc2F)c(=O)c2cccc(F)c21. The van der Waals surface area contributed by atoms with E-state index < -0.39 is 28.8 Å². The van der Waals surface area contributed by atoms with Crippen LogP contribution in [-0.4, -0.2) is 10.5 Å². The van der Waals surface area contributed by atoms with Crippen LogP contribution in [0.15, 0.2) is 47.4 Å². The Labute approximate surface area is 134 Å². The van der Waals surface area contributed by atoms with E-state index in [1.165, 1.54) is 36.0 Å². The number of anilines is 1. The van der Waals surface area contributed by atoms with Crippen LogP contribution in [0.5, 0.6) is 0 Å². The minimum atomic E-state index is -0.966. The second kappa shape index (κ2) is 5.84. The maximum absolute atomic E-state index is 13.9. The highest BCUT2D eigenvalue weighted by atomic mass is 19.1. The van der Waals surface area contributed by atoms with Gasteiger partial charge in [-0.25, -0.2) is 13.2 Å². The molecule has 0 aliphatic heterocycles. The molecule has 0 radical (unpaired) electrons. The average Bonchev–Trinajstić information content (AvgIpc) is 2.53. The summed E-state index contributed by atoms with van der Waals surface area (Å²) in [5.74, 6) is -3.22. The molecule has 0 atom stereocenters. The van der Waals surface area contributed by atoms with Crippen LogP contribution in [0, 0.1) is 17.5 Å². The van der Waals surface area contributed by atoms with Gasteiger partial charge in [-0.2, -0.15) is 0 Å². The quantitative estimate of drug-likeness (QED) is 0.783. The van der Waals surface area contributed by atoms with Crippen LogP contribution in [0.1, 0.15) is 10.4 Å². The number of hydrogen-bond donors (Lipinski definition) is 1. The fourth-order valence-electron chi connectivity index (χ4n) is 2.46. The molecule has 1 amide bonds. The van der Waals surface area contributed by atoms with Crippen LogP contribution in [0.2, 0.25) is 0 Å². The van der Waals surface area contributed by atoms with Gasteiger partial charge in [-0.3, -0.25) is 9.59 Å². The van der Waals surface area contributed by atoms with E-state index in [0.29, 0.717) is 6.07 Å². The summed E-state index contributed by atoms with van der Waals surface area (Å²) < 4.78 is 41.7. The summed E-state index contributed by atoms with van der Waals surface area (Å²) in [7, 11) is 1.49. The largest absolute Gasteiger partial charge is 0.347 e. The number of nitrogens with one attached hydrogen (secondary N) is 1. The lowest BCUT2D eigenvalue weighted by atomic mass is 10.1. The lowest BCUT2D eigenvalue weighted by Gasteiger charge is -2.10. The highest BCUT2D eigenvalue weighted by molar-refractivity contribution is 6.05. The van der Waals surface area contributed by atoms with Crippen molar-refractivity contribution in [3.8, 4) is 0 Å². The van der Waals surface area contributed by atoms with Crippen molar-refractivity contribution in [2.75, 3.05) is 5.32 Å². The maximum Gasteiger partial charge on any atom is 0.261 e. The number of halogens is 3. The van der Waals surface area contributed by atoms with Crippen molar-refractivity contribution < 1.29 is 18.0 Å². The summed E-state index contributed by atoms with van der Waals surface area (Å²) in [4.78, 5) is 24.7. The standard InChI is InChI=1S/C17H11F3N2O2/c1-22-8-11(16(23)10-3-2-4-12(19)15(10)22)17(24)21-14-6-5-9(18)7-13(14)20/h2-8H,1H3,(H,21,24). The van der Waals surface area contributed by atoms with Crippen LogP contribution < -0.4 is 10.7 Å². The Morgan fingerprint density at radius 1 is 1.08 bits per heavy atom. The first-order valence-corrected chi connectivity index (χ1v) is 6.92. The Kier molecular flexibility index (Phi) is 3.84. The molecule has 24 heavy (non-hydrogen) atoms. The van der Waals surface area contributed by atoms with Crippen molar-refractivity contribution >= 4 is 22.5 Å². The zero-order chi connectivity index (χ0) is 17.4. The number of carbonyl (C=O) groups is 1. The number of rotatable bonds is 2. The lowest BCUT2D eigenvalue weighted by molar-refractivity contribution is 0.102. The first kappa shape index (κ1) is 15.8. The molecule has 0 aliphatic rings. The van der Waals surface area contributed by atoms with Gasteiger partial charge in [0.05, 0.1) is 11.2 Å². The second-order valence-corrected chi connectivity index (χ2v) is 5.20. The van der Waals surface area contributed by atoms with Crippen LogP contribution in [-0.2, 0) is 7.05 Å². The molecule has 0 spiro atoms. The lowest BCUT2D eigenvalue weighted by Crippen LogP contribution is -2.24. The van der Waals surface area contributed by atoms with Crippen LogP contribution in [0.4, 0.5) is 18.9 Å². The number of nitrogens with zero attached hydrogens (tertiary/aromatic N) is 1. The molecule has 2 aromatic carbocycles. The molecule has 0 unspecified atom stereocenters. The summed E-state index contributed by atoms with van der Waals surface area (Å²) in [6, 6.07) is 6.61. The molecule has 0 bridgehead atoms. The number of carbonyl (C=O) groups excluding carboxylic acids is 1. The number of para-hydroxylation sites is 1. The second-order valence-electron chi connectivity index (χ2n) is 5.20. The molecule has 3 aromatic rings. The van der Waals surface area contributed by atoms with Gasteiger partial charge in [0.15, 0.2) is 0 Å². The molecule has 1 heterocycles. The van der Waals surface area contributed by atoms with Gasteiger partial charge in [0, 0.05) is 24.7 Å². The average molecular weight is 332 g/mol. The van der Waals surface area contributed by atoms with E-state index in [1.807, 2.05) is 0 Å². The minimum Gasteiger partial charge on any atom is -0.347 e. The zero-order valence-corrected chi connectivity index (χ0v) is 12.4. The smallest absolute Gasteiger partial charge is 0.261 e. The molecule has 0 saturated heterocycles. The van der Waals surface area contributed by atoms with Crippen molar-refractivity contribution in [3.05, 3.63) is 75.8 Å². The first-order valence-electron chi connectivity index (χ1n) is 6.92. The fraction of sp³-hybridized carbons (Fsp3) is 0.0588. The predicted molar refractivity (Wildman–Crippen MR) is 83.5 cm³/mol. The Bertz CT molecular complexity index is 1030. The Balaban J connectivity index is 2.08. The zero-order valence-electron chi connectivity index (χ0n) is 12.4. The molecule has 122 valence electrons. The molecule has 7 heteroatoms. The number of amides is 1. The Morgan fingerprint density at radius 3 is 2.54 bits per heavy atom. The van der Waals surface area contributed by atoms with Gasteiger partial charge in [0.25, 0.3) is 5.91 Å². The Hall–Kier alpha value is -3.09. The van der Waals surface area contributed by atoms with E-state index >= 15 is 0 Å². The normalized spacial score (nSPS) is 10.8. The summed E-state index contributed by atoms with van der Waals surface area (Å²) in [6.45, 7) is 0. The topological polar surface area (TPSA) is 51.1 Å². The third kappa shape index (κ3) is 2.64. The summed E-state index contributed by atoms with van der Waals surface area (Å²) >= 11 is 0. The number of aryl methyl sites for hydroxylation is 1. The molecule has 1 N–H and O–H groups in total. The molecule has 1 aromatic heterocycles. The summed E-state index contributed by atoms with van der Waals surface area (Å²) in [5.41, 5.74) is -1.16. The number of aromatic nitrogens is 1. The van der Waals surface area contributed by atoms with Crippen molar-refractivity contribution in [2.24, 2.45) is 7.05 Å². The number of benzene rings is 2. The van der Waals surface area contributed by atoms with E-state index in [9.17, 15) is 22.8 Å². The Morgan fingerprint density at radius 2 is 1.83 bits per heavy atom. The molecule has 4 nitrogen and oxygen atoms in total. The van der Waals surface area contributed by atoms with Gasteiger partial charge < -0.3 is 9.88 Å². The number of pyridine rings is 1. The van der Waals surface area contributed by atoms with Crippen molar-refractivity contribution in [2.45, 2.75) is 0 Å². The molecular weight excluding hydrogens is 321 g/mol. The van der Waals surface area contributed by atoms with Crippen LogP contribution >= 0.6 is 0 Å². The van der Waals surface area contributed by atoms with E-state index in [2.05, 4.69) is 5.32 Å². The fourth-order valence-corrected chi connectivity index (χ4v) is 2.46. The van der Waals surface area contributed by atoms with Gasteiger partial charge in [-0.15, -0.1) is 0 Å². The van der Waals surface area contributed by atoms with Gasteiger partial charge in [0.1, 0.15) is 23.0 Å². The molecular formula is C17H11F3N2O2. The van der Waals surface area contributed by atoms with Crippen molar-refractivity contribution in [1.29, 1.82) is 0 Å². The van der Waals surface area contributed by atoms with Gasteiger partial charge in [-0.05, 0) is 24.3 Å². The first-order chi connectivity index (χ1) is 11.4. The van der Waals surface area contributed by atoms with Crippen molar-refractivity contribution in [3.63, 3.8) is 0 Å². The number of fused-ring (bicyclic) bond motifs is 1. The summed E-state index contributed by atoms with van der Waals surface area (Å²) in [6.07, 6.45) is 1.17. The van der Waals surface area contributed by atoms with E-state index in [0.717, 1.165) is 12.1 Å². The third-order valence-electron chi connectivity index (χ3n) is 3.58. The van der Waals surface area contributed by atoms with Crippen molar-refractivity contribution in [1.82, 2.24) is 4.57 Å². The van der Waals surface area contributed by atoms with Crippen LogP contribution in [0.3, 0.4) is 0 Å². The predicted octanol–water partition coefficient (Wildman–Crippen LogP) is 3.21. The monoisotopic (exact) mass is 332 g/mol. The minimum absolute atomic E-state index is 0.0322. The molecule has 0 aliphatic carbocycles. The molecule has 0 saturated carbocycles. The molecule has 3 rings (SSSR count). The van der Waals surface area contributed by atoms with E-state index in [4.69, 9.17) is 0 Å². The maximum atomic E-state index is 13.9. The third-order valence-corrected chi connectivity index (χ3v) is 3.58. The highest BCUT2D eigenvalue weighted by Gasteiger charge is 2.17. The van der Waals surface area contributed by atoms with Gasteiger partial charge >= 0.3 is 0 Å².